The van der Waals surface area contributed by atoms with Gasteiger partial charge in [0.05, 0.1) is 16.2 Å². The van der Waals surface area contributed by atoms with Crippen LogP contribution in [0, 0.1) is 17.0 Å². The molecule has 0 aliphatic carbocycles. The molecule has 25 heavy (non-hydrogen) atoms. The molecule has 2 aromatic carbocycles. The van der Waals surface area contributed by atoms with Crippen LogP contribution >= 0.6 is 0 Å². The van der Waals surface area contributed by atoms with Crippen LogP contribution in [0.1, 0.15) is 5.56 Å². The molecule has 0 spiro atoms. The van der Waals surface area contributed by atoms with E-state index in [1.165, 1.54) is 16.9 Å². The van der Waals surface area contributed by atoms with E-state index in [0.717, 1.165) is 5.56 Å². The van der Waals surface area contributed by atoms with Gasteiger partial charge in [-0.1, -0.05) is 36.4 Å². The number of nitrogens with one attached hydrogen (secondary N) is 1. The van der Waals surface area contributed by atoms with Crippen molar-refractivity contribution < 1.29 is 9.72 Å². The van der Waals surface area contributed by atoms with Crippen LogP contribution in [0.15, 0.2) is 48.5 Å². The Hall–Kier alpha value is -3.62. The standard InChI is InChI=1S/C16H14N6O3/c1-11-13(8-5-9-14(11)22(24)25)17-15(23)10-21-19-16(18-20-21)12-6-3-2-4-7-12/h2-9H,10H2,1H3,(H,17,23). The fraction of sp³-hybridized carbons (Fsp3) is 0.125. The summed E-state index contributed by atoms with van der Waals surface area (Å²) in [4.78, 5) is 23.8. The van der Waals surface area contributed by atoms with Gasteiger partial charge in [0, 0.05) is 11.6 Å². The number of carbonyl (C=O) groups excluding carboxylic acids is 1. The van der Waals surface area contributed by atoms with Crippen molar-refractivity contribution in [2.45, 2.75) is 13.5 Å². The van der Waals surface area contributed by atoms with E-state index < -0.39 is 10.8 Å². The van der Waals surface area contributed by atoms with Crippen molar-refractivity contribution in [3.8, 4) is 11.4 Å². The third-order valence-electron chi connectivity index (χ3n) is 3.55. The predicted molar refractivity (Wildman–Crippen MR) is 89.7 cm³/mol. The number of hydrogen-bond acceptors (Lipinski definition) is 6. The predicted octanol–water partition coefficient (Wildman–Crippen LogP) is 2.20. The highest BCUT2D eigenvalue weighted by atomic mass is 16.6. The third-order valence-corrected chi connectivity index (χ3v) is 3.55. The zero-order chi connectivity index (χ0) is 17.8. The first kappa shape index (κ1) is 16.2. The monoisotopic (exact) mass is 338 g/mol. The quantitative estimate of drug-likeness (QED) is 0.563. The maximum Gasteiger partial charge on any atom is 0.274 e. The largest absolute Gasteiger partial charge is 0.324 e. The lowest BCUT2D eigenvalue weighted by Gasteiger charge is -2.07. The first-order valence-electron chi connectivity index (χ1n) is 7.41. The van der Waals surface area contributed by atoms with Crippen LogP contribution in [0.25, 0.3) is 11.4 Å². The number of nitro groups is 1. The van der Waals surface area contributed by atoms with Gasteiger partial charge >= 0.3 is 0 Å². The first-order valence-corrected chi connectivity index (χ1v) is 7.41. The Morgan fingerprint density at radius 1 is 1.20 bits per heavy atom. The van der Waals surface area contributed by atoms with E-state index in [2.05, 4.69) is 20.7 Å². The molecule has 0 saturated carbocycles. The van der Waals surface area contributed by atoms with Crippen LogP contribution in [0.4, 0.5) is 11.4 Å². The molecule has 0 atom stereocenters. The van der Waals surface area contributed by atoms with Gasteiger partial charge < -0.3 is 5.32 Å². The zero-order valence-electron chi connectivity index (χ0n) is 13.3. The molecule has 0 aliphatic rings. The summed E-state index contributed by atoms with van der Waals surface area (Å²) in [6.45, 7) is 1.43. The molecule has 1 aromatic heterocycles. The summed E-state index contributed by atoms with van der Waals surface area (Å²) >= 11 is 0. The molecule has 3 aromatic rings. The van der Waals surface area contributed by atoms with E-state index in [-0.39, 0.29) is 12.2 Å². The third kappa shape index (κ3) is 3.66. The summed E-state index contributed by atoms with van der Waals surface area (Å²) < 4.78 is 0. The van der Waals surface area contributed by atoms with Gasteiger partial charge in [0.1, 0.15) is 6.54 Å². The van der Waals surface area contributed by atoms with Crippen molar-refractivity contribution in [1.82, 2.24) is 20.2 Å². The Labute approximate surface area is 142 Å². The minimum Gasteiger partial charge on any atom is -0.324 e. The Morgan fingerprint density at radius 2 is 1.96 bits per heavy atom. The van der Waals surface area contributed by atoms with Gasteiger partial charge in [0.2, 0.25) is 11.7 Å². The number of nitrogens with zero attached hydrogens (tertiary/aromatic N) is 5. The lowest BCUT2D eigenvalue weighted by atomic mass is 10.1. The number of benzene rings is 2. The van der Waals surface area contributed by atoms with E-state index in [1.54, 1.807) is 13.0 Å². The van der Waals surface area contributed by atoms with Gasteiger partial charge in [-0.05, 0) is 18.2 Å². The summed E-state index contributed by atoms with van der Waals surface area (Å²) in [5.41, 5.74) is 1.51. The SMILES string of the molecule is Cc1c(NC(=O)Cn2nnc(-c3ccccc3)n2)cccc1[N+](=O)[O-]. The summed E-state index contributed by atoms with van der Waals surface area (Å²) in [6.07, 6.45) is 0. The summed E-state index contributed by atoms with van der Waals surface area (Å²) in [6, 6.07) is 13.8. The fourth-order valence-corrected chi connectivity index (χ4v) is 2.29. The second-order valence-electron chi connectivity index (χ2n) is 5.26. The Bertz CT molecular complexity index is 923. The van der Waals surface area contributed by atoms with Gasteiger partial charge in [0.15, 0.2) is 0 Å². The molecule has 0 saturated heterocycles. The second-order valence-corrected chi connectivity index (χ2v) is 5.26. The number of anilines is 1. The fourth-order valence-electron chi connectivity index (χ4n) is 2.29. The van der Waals surface area contributed by atoms with Crippen molar-refractivity contribution in [3.05, 3.63) is 64.2 Å². The van der Waals surface area contributed by atoms with Gasteiger partial charge in [-0.15, -0.1) is 10.2 Å². The van der Waals surface area contributed by atoms with Crippen molar-refractivity contribution in [3.63, 3.8) is 0 Å². The molecule has 1 N–H and O–H groups in total. The van der Waals surface area contributed by atoms with E-state index >= 15 is 0 Å². The normalized spacial score (nSPS) is 10.4. The number of amides is 1. The molecule has 1 amide bonds. The zero-order valence-corrected chi connectivity index (χ0v) is 13.3. The summed E-state index contributed by atoms with van der Waals surface area (Å²) in [7, 11) is 0. The highest BCUT2D eigenvalue weighted by Crippen LogP contribution is 2.24. The first-order chi connectivity index (χ1) is 12.0. The lowest BCUT2D eigenvalue weighted by molar-refractivity contribution is -0.385. The summed E-state index contributed by atoms with van der Waals surface area (Å²) in [5, 5.41) is 25.5. The number of carbonyl (C=O) groups is 1. The highest BCUT2D eigenvalue weighted by molar-refractivity contribution is 5.91. The molecule has 0 aliphatic heterocycles. The Morgan fingerprint density at radius 3 is 2.68 bits per heavy atom. The van der Waals surface area contributed by atoms with E-state index in [4.69, 9.17) is 0 Å². The van der Waals surface area contributed by atoms with Crippen LogP contribution in [0.3, 0.4) is 0 Å². The van der Waals surface area contributed by atoms with Crippen LogP contribution < -0.4 is 5.32 Å². The number of nitro benzene ring substituents is 1. The molecule has 126 valence electrons. The van der Waals surface area contributed by atoms with E-state index in [0.29, 0.717) is 17.1 Å². The average molecular weight is 338 g/mol. The number of aromatic nitrogens is 4. The molecule has 0 unspecified atom stereocenters. The van der Waals surface area contributed by atoms with Crippen LogP contribution in [-0.2, 0) is 11.3 Å². The Kier molecular flexibility index (Phi) is 4.46. The van der Waals surface area contributed by atoms with E-state index in [1.807, 2.05) is 30.3 Å². The molecular formula is C16H14N6O3. The van der Waals surface area contributed by atoms with Gasteiger partial charge in [-0.3, -0.25) is 14.9 Å². The molecule has 0 radical (unpaired) electrons. The lowest BCUT2D eigenvalue weighted by Crippen LogP contribution is -2.21. The number of hydrogen-bond donors (Lipinski definition) is 1. The molecule has 1 heterocycles. The highest BCUT2D eigenvalue weighted by Gasteiger charge is 2.15. The second kappa shape index (κ2) is 6.87. The minimum atomic E-state index is -0.490. The molecule has 3 rings (SSSR count). The molecule has 0 bridgehead atoms. The van der Waals surface area contributed by atoms with Gasteiger partial charge in [-0.2, -0.15) is 4.80 Å². The van der Waals surface area contributed by atoms with Crippen LogP contribution in [-0.4, -0.2) is 31.0 Å². The van der Waals surface area contributed by atoms with Crippen molar-refractivity contribution >= 4 is 17.3 Å². The van der Waals surface area contributed by atoms with Gasteiger partial charge in [0.25, 0.3) is 5.69 Å². The van der Waals surface area contributed by atoms with Crippen molar-refractivity contribution in [2.75, 3.05) is 5.32 Å². The van der Waals surface area contributed by atoms with Gasteiger partial charge in [-0.25, -0.2) is 0 Å². The van der Waals surface area contributed by atoms with E-state index in [9.17, 15) is 14.9 Å². The number of rotatable bonds is 5. The summed E-state index contributed by atoms with van der Waals surface area (Å²) in [5.74, 6) is 0.0144. The van der Waals surface area contributed by atoms with Crippen molar-refractivity contribution in [1.29, 1.82) is 0 Å². The average Bonchev–Trinajstić information content (AvgIpc) is 3.05. The topological polar surface area (TPSA) is 116 Å². The molecule has 9 nitrogen and oxygen atoms in total. The van der Waals surface area contributed by atoms with Crippen LogP contribution in [0.2, 0.25) is 0 Å². The molecule has 0 fully saturated rings. The van der Waals surface area contributed by atoms with Crippen molar-refractivity contribution in [2.24, 2.45) is 0 Å². The number of tetrazole rings is 1. The van der Waals surface area contributed by atoms with Crippen LogP contribution in [0.5, 0.6) is 0 Å². The smallest absolute Gasteiger partial charge is 0.274 e. The minimum absolute atomic E-state index is 0.0527. The maximum absolute atomic E-state index is 12.2. The molecular weight excluding hydrogens is 324 g/mol. The molecule has 9 heteroatoms. The maximum atomic E-state index is 12.2. The Balaban J connectivity index is 1.71.